The van der Waals surface area contributed by atoms with Crippen LogP contribution in [0.5, 0.6) is 0 Å². The first kappa shape index (κ1) is 17.1. The van der Waals surface area contributed by atoms with Crippen molar-refractivity contribution in [3.8, 4) is 0 Å². The molecule has 2 N–H and O–H groups in total. The Balaban J connectivity index is 1.43. The standard InChI is InChI=1S/C19H21N3O3S/c23-19-18-12-15(13-22(18)17-9-5-4-8-16(17)20-19)21-26(24,25)11-10-14-6-2-1-3-7-14/h1-9,15,18,21H,10-13H2,(H,20,23). The van der Waals surface area contributed by atoms with Crippen molar-refractivity contribution in [2.24, 2.45) is 0 Å². The lowest BCUT2D eigenvalue weighted by atomic mass is 10.1. The van der Waals surface area contributed by atoms with E-state index in [9.17, 15) is 13.2 Å². The molecule has 136 valence electrons. The van der Waals surface area contributed by atoms with Gasteiger partial charge in [-0.15, -0.1) is 0 Å². The number of carbonyl (C=O) groups excluding carboxylic acids is 1. The minimum Gasteiger partial charge on any atom is -0.356 e. The fourth-order valence-electron chi connectivity index (χ4n) is 3.69. The molecule has 2 atom stereocenters. The number of para-hydroxylation sites is 2. The molecular formula is C19H21N3O3S. The lowest BCUT2D eigenvalue weighted by molar-refractivity contribution is -0.117. The second-order valence-electron chi connectivity index (χ2n) is 6.78. The van der Waals surface area contributed by atoms with Gasteiger partial charge in [-0.3, -0.25) is 4.79 Å². The molecule has 26 heavy (non-hydrogen) atoms. The normalized spacial score (nSPS) is 21.8. The molecule has 0 saturated carbocycles. The Kier molecular flexibility index (Phi) is 4.42. The predicted molar refractivity (Wildman–Crippen MR) is 102 cm³/mol. The third-order valence-corrected chi connectivity index (χ3v) is 6.36. The molecule has 4 rings (SSSR count). The van der Waals surface area contributed by atoms with Gasteiger partial charge in [-0.25, -0.2) is 13.1 Å². The molecule has 0 aliphatic carbocycles. The number of benzene rings is 2. The van der Waals surface area contributed by atoms with Crippen LogP contribution in [-0.2, 0) is 21.2 Å². The van der Waals surface area contributed by atoms with Crippen molar-refractivity contribution in [2.45, 2.75) is 24.9 Å². The summed E-state index contributed by atoms with van der Waals surface area (Å²) in [6.07, 6.45) is 0.949. The van der Waals surface area contributed by atoms with E-state index in [1.165, 1.54) is 0 Å². The lowest BCUT2D eigenvalue weighted by Crippen LogP contribution is -2.44. The van der Waals surface area contributed by atoms with Gasteiger partial charge in [0.05, 0.1) is 17.1 Å². The smallest absolute Gasteiger partial charge is 0.247 e. The molecule has 1 fully saturated rings. The summed E-state index contributed by atoms with van der Waals surface area (Å²) >= 11 is 0. The van der Waals surface area contributed by atoms with Gasteiger partial charge in [-0.1, -0.05) is 42.5 Å². The Labute approximate surface area is 153 Å². The van der Waals surface area contributed by atoms with Crippen LogP contribution in [0.25, 0.3) is 0 Å². The van der Waals surface area contributed by atoms with E-state index < -0.39 is 10.0 Å². The first-order chi connectivity index (χ1) is 12.5. The van der Waals surface area contributed by atoms with Crippen LogP contribution in [0.2, 0.25) is 0 Å². The molecule has 2 aromatic rings. The van der Waals surface area contributed by atoms with Crippen LogP contribution in [0.3, 0.4) is 0 Å². The molecule has 2 heterocycles. The van der Waals surface area contributed by atoms with E-state index in [1.807, 2.05) is 59.5 Å². The average Bonchev–Trinajstić information content (AvgIpc) is 3.05. The van der Waals surface area contributed by atoms with Crippen molar-refractivity contribution in [3.63, 3.8) is 0 Å². The number of fused-ring (bicyclic) bond motifs is 3. The number of anilines is 2. The number of rotatable bonds is 5. The minimum atomic E-state index is -3.41. The number of nitrogens with one attached hydrogen (secondary N) is 2. The Morgan fingerprint density at radius 3 is 2.62 bits per heavy atom. The molecule has 0 aromatic heterocycles. The quantitative estimate of drug-likeness (QED) is 0.839. The van der Waals surface area contributed by atoms with Crippen molar-refractivity contribution >= 4 is 27.3 Å². The average molecular weight is 371 g/mol. The molecule has 2 aliphatic heterocycles. The zero-order valence-electron chi connectivity index (χ0n) is 14.3. The molecule has 6 nitrogen and oxygen atoms in total. The summed E-state index contributed by atoms with van der Waals surface area (Å²) in [7, 11) is -3.41. The summed E-state index contributed by atoms with van der Waals surface area (Å²) in [4.78, 5) is 14.3. The maximum atomic E-state index is 12.5. The Bertz CT molecular complexity index is 915. The fourth-order valence-corrected chi connectivity index (χ4v) is 4.99. The van der Waals surface area contributed by atoms with Gasteiger partial charge < -0.3 is 10.2 Å². The second kappa shape index (κ2) is 6.74. The summed E-state index contributed by atoms with van der Waals surface area (Å²) in [6.45, 7) is 0.500. The number of carbonyl (C=O) groups is 1. The Hall–Kier alpha value is -2.38. The summed E-state index contributed by atoms with van der Waals surface area (Å²) < 4.78 is 27.7. The van der Waals surface area contributed by atoms with Crippen LogP contribution in [0.4, 0.5) is 11.4 Å². The van der Waals surface area contributed by atoms with Crippen LogP contribution in [0, 0.1) is 0 Å². The molecule has 1 saturated heterocycles. The number of aryl methyl sites for hydroxylation is 1. The first-order valence-electron chi connectivity index (χ1n) is 8.72. The second-order valence-corrected chi connectivity index (χ2v) is 8.65. The highest BCUT2D eigenvalue weighted by Gasteiger charge is 2.41. The number of hydrogen-bond donors (Lipinski definition) is 2. The maximum Gasteiger partial charge on any atom is 0.247 e. The number of sulfonamides is 1. The van der Waals surface area contributed by atoms with Gasteiger partial charge in [-0.05, 0) is 30.5 Å². The minimum absolute atomic E-state index is 0.0426. The molecule has 1 amide bonds. The molecule has 0 bridgehead atoms. The van der Waals surface area contributed by atoms with Crippen LogP contribution in [0.15, 0.2) is 54.6 Å². The van der Waals surface area contributed by atoms with Gasteiger partial charge in [-0.2, -0.15) is 0 Å². The molecule has 7 heteroatoms. The first-order valence-corrected chi connectivity index (χ1v) is 10.4. The molecular weight excluding hydrogens is 350 g/mol. The molecule has 2 aromatic carbocycles. The predicted octanol–water partition coefficient (Wildman–Crippen LogP) is 1.75. The molecule has 2 aliphatic rings. The van der Waals surface area contributed by atoms with Crippen LogP contribution < -0.4 is 14.9 Å². The maximum absolute atomic E-state index is 12.5. The summed E-state index contributed by atoms with van der Waals surface area (Å²) in [5.41, 5.74) is 2.72. The lowest BCUT2D eigenvalue weighted by Gasteiger charge is -2.32. The molecule has 0 spiro atoms. The molecule has 2 unspecified atom stereocenters. The molecule has 0 radical (unpaired) electrons. The van der Waals surface area contributed by atoms with Crippen molar-refractivity contribution in [1.82, 2.24) is 4.72 Å². The Morgan fingerprint density at radius 1 is 1.08 bits per heavy atom. The van der Waals surface area contributed by atoms with E-state index in [0.29, 0.717) is 19.4 Å². The topological polar surface area (TPSA) is 78.5 Å². The van der Waals surface area contributed by atoms with Crippen LogP contribution in [0.1, 0.15) is 12.0 Å². The van der Waals surface area contributed by atoms with E-state index >= 15 is 0 Å². The highest BCUT2D eigenvalue weighted by Crippen LogP contribution is 2.36. The van der Waals surface area contributed by atoms with Crippen molar-refractivity contribution in [2.75, 3.05) is 22.5 Å². The Morgan fingerprint density at radius 2 is 1.81 bits per heavy atom. The summed E-state index contributed by atoms with van der Waals surface area (Å²) in [5, 5.41) is 2.90. The van der Waals surface area contributed by atoms with E-state index in [4.69, 9.17) is 0 Å². The zero-order chi connectivity index (χ0) is 18.1. The number of hydrogen-bond acceptors (Lipinski definition) is 4. The van der Waals surface area contributed by atoms with E-state index in [1.54, 1.807) is 0 Å². The highest BCUT2D eigenvalue weighted by molar-refractivity contribution is 7.89. The van der Waals surface area contributed by atoms with Crippen molar-refractivity contribution < 1.29 is 13.2 Å². The fraction of sp³-hybridized carbons (Fsp3) is 0.316. The van der Waals surface area contributed by atoms with Crippen molar-refractivity contribution in [1.29, 1.82) is 0 Å². The third-order valence-electron chi connectivity index (χ3n) is 4.92. The zero-order valence-corrected chi connectivity index (χ0v) is 15.1. The van der Waals surface area contributed by atoms with Gasteiger partial charge in [0.2, 0.25) is 15.9 Å². The van der Waals surface area contributed by atoms with E-state index in [0.717, 1.165) is 16.9 Å². The number of nitrogens with zero attached hydrogens (tertiary/aromatic N) is 1. The van der Waals surface area contributed by atoms with Crippen LogP contribution in [-0.4, -0.2) is 38.7 Å². The SMILES string of the molecule is O=C1Nc2ccccc2N2CC(NS(=O)(=O)CCc3ccccc3)CC12. The van der Waals surface area contributed by atoms with Gasteiger partial charge >= 0.3 is 0 Å². The van der Waals surface area contributed by atoms with Gasteiger partial charge in [0.1, 0.15) is 6.04 Å². The van der Waals surface area contributed by atoms with E-state index in [2.05, 4.69) is 10.0 Å². The van der Waals surface area contributed by atoms with Gasteiger partial charge in [0.25, 0.3) is 0 Å². The summed E-state index contributed by atoms with van der Waals surface area (Å²) in [5.74, 6) is -0.0317. The monoisotopic (exact) mass is 371 g/mol. The number of amides is 1. The van der Waals surface area contributed by atoms with Gasteiger partial charge in [0, 0.05) is 12.6 Å². The van der Waals surface area contributed by atoms with Gasteiger partial charge in [0.15, 0.2) is 0 Å². The largest absolute Gasteiger partial charge is 0.356 e. The summed E-state index contributed by atoms with van der Waals surface area (Å²) in [6, 6.07) is 16.6. The van der Waals surface area contributed by atoms with Crippen molar-refractivity contribution in [3.05, 3.63) is 60.2 Å². The van der Waals surface area contributed by atoms with E-state index in [-0.39, 0.29) is 23.7 Å². The highest BCUT2D eigenvalue weighted by atomic mass is 32.2. The third kappa shape index (κ3) is 3.45. The van der Waals surface area contributed by atoms with Crippen LogP contribution >= 0.6 is 0 Å².